The summed E-state index contributed by atoms with van der Waals surface area (Å²) in [4.78, 5) is 0. The molecule has 1 heterocycles. The third-order valence-electron chi connectivity index (χ3n) is 3.45. The summed E-state index contributed by atoms with van der Waals surface area (Å²) < 4.78 is 6.94. The molecule has 94 valence electrons. The zero-order chi connectivity index (χ0) is 12.5. The molecule has 0 radical (unpaired) electrons. The zero-order valence-corrected chi connectivity index (χ0v) is 11.9. The quantitative estimate of drug-likeness (QED) is 0.879. The summed E-state index contributed by atoms with van der Waals surface area (Å²) in [5.74, 6) is 3.60. The highest BCUT2D eigenvalue weighted by Gasteiger charge is 2.36. The van der Waals surface area contributed by atoms with Crippen LogP contribution in [0.3, 0.4) is 0 Å². The molecule has 1 aliphatic carbocycles. The van der Waals surface area contributed by atoms with E-state index in [1.807, 2.05) is 12.1 Å². The van der Waals surface area contributed by atoms with Gasteiger partial charge < -0.3 is 9.73 Å². The first-order valence-corrected chi connectivity index (χ1v) is 7.10. The van der Waals surface area contributed by atoms with Crippen molar-refractivity contribution >= 4 is 21.6 Å². The Bertz CT molecular complexity index is 549. The van der Waals surface area contributed by atoms with Crippen molar-refractivity contribution in [1.29, 1.82) is 0 Å². The molecule has 0 bridgehead atoms. The van der Waals surface area contributed by atoms with Crippen molar-refractivity contribution in [3.8, 4) is 0 Å². The van der Waals surface area contributed by atoms with Gasteiger partial charge in [-0.2, -0.15) is 0 Å². The Kier molecular flexibility index (Phi) is 3.16. The Morgan fingerprint density at radius 1 is 1.33 bits per heavy atom. The van der Waals surface area contributed by atoms with Crippen molar-refractivity contribution < 1.29 is 4.42 Å². The first-order valence-electron chi connectivity index (χ1n) is 6.30. The fourth-order valence-corrected chi connectivity index (χ4v) is 2.59. The van der Waals surface area contributed by atoms with Gasteiger partial charge in [0.15, 0.2) is 0 Å². The summed E-state index contributed by atoms with van der Waals surface area (Å²) in [7, 11) is 0. The topological polar surface area (TPSA) is 25.2 Å². The van der Waals surface area contributed by atoms with Crippen molar-refractivity contribution in [2.75, 3.05) is 5.32 Å². The van der Waals surface area contributed by atoms with Crippen molar-refractivity contribution in [2.45, 2.75) is 25.8 Å². The van der Waals surface area contributed by atoms with Gasteiger partial charge in [-0.15, -0.1) is 0 Å². The van der Waals surface area contributed by atoms with Gasteiger partial charge in [-0.1, -0.05) is 28.9 Å². The number of rotatable bonds is 4. The van der Waals surface area contributed by atoms with Crippen LogP contribution in [0.5, 0.6) is 0 Å². The molecule has 1 fully saturated rings. The molecule has 0 amide bonds. The number of anilines is 1. The Balaban J connectivity index is 1.61. The van der Waals surface area contributed by atoms with Gasteiger partial charge in [0.25, 0.3) is 0 Å². The lowest BCUT2D eigenvalue weighted by Crippen LogP contribution is -1.97. The van der Waals surface area contributed by atoms with Crippen LogP contribution in [0.2, 0.25) is 0 Å². The van der Waals surface area contributed by atoms with Crippen LogP contribution in [0, 0.1) is 5.92 Å². The van der Waals surface area contributed by atoms with Gasteiger partial charge >= 0.3 is 0 Å². The highest BCUT2D eigenvalue weighted by molar-refractivity contribution is 9.10. The largest absolute Gasteiger partial charge is 0.464 e. The lowest BCUT2D eigenvalue weighted by Gasteiger charge is -2.04. The van der Waals surface area contributed by atoms with Gasteiger partial charge in [0.05, 0.1) is 6.54 Å². The maximum atomic E-state index is 5.86. The van der Waals surface area contributed by atoms with E-state index in [9.17, 15) is 0 Å². The van der Waals surface area contributed by atoms with Crippen LogP contribution in [-0.4, -0.2) is 0 Å². The Morgan fingerprint density at radius 3 is 2.89 bits per heavy atom. The number of halogens is 1. The minimum Gasteiger partial charge on any atom is -0.464 e. The molecule has 1 N–H and O–H groups in total. The molecule has 0 spiro atoms. The third-order valence-corrected chi connectivity index (χ3v) is 3.94. The summed E-state index contributed by atoms with van der Waals surface area (Å²) in [5.41, 5.74) is 1.10. The van der Waals surface area contributed by atoms with Gasteiger partial charge in [-0.05, 0) is 42.7 Å². The van der Waals surface area contributed by atoms with Crippen LogP contribution in [-0.2, 0) is 6.54 Å². The summed E-state index contributed by atoms with van der Waals surface area (Å²) in [6.45, 7) is 3.00. The van der Waals surface area contributed by atoms with Gasteiger partial charge in [0, 0.05) is 16.1 Å². The van der Waals surface area contributed by atoms with E-state index in [4.69, 9.17) is 4.42 Å². The molecule has 2 nitrogen and oxygen atoms in total. The molecular formula is C15H16BrNO. The predicted molar refractivity (Wildman–Crippen MR) is 76.7 cm³/mol. The molecular weight excluding hydrogens is 290 g/mol. The fourth-order valence-electron chi connectivity index (χ4n) is 2.19. The predicted octanol–water partition coefficient (Wildman–Crippen LogP) is 4.78. The first-order chi connectivity index (χ1) is 8.72. The van der Waals surface area contributed by atoms with Gasteiger partial charge in [0.2, 0.25) is 0 Å². The molecule has 2 aromatic rings. The lowest BCUT2D eigenvalue weighted by molar-refractivity contribution is 0.468. The van der Waals surface area contributed by atoms with Crippen LogP contribution < -0.4 is 5.32 Å². The molecule has 3 rings (SSSR count). The van der Waals surface area contributed by atoms with E-state index in [2.05, 4.69) is 52.4 Å². The van der Waals surface area contributed by atoms with Crippen LogP contribution >= 0.6 is 15.9 Å². The van der Waals surface area contributed by atoms with Gasteiger partial charge in [-0.25, -0.2) is 0 Å². The number of hydrogen-bond acceptors (Lipinski definition) is 2. The molecule has 0 saturated heterocycles. The van der Waals surface area contributed by atoms with Crippen molar-refractivity contribution in [3.05, 3.63) is 52.4 Å². The standard InChI is InChI=1S/C15H16BrNO/c1-10-7-14(10)15-6-5-13(18-15)9-17-12-4-2-3-11(16)8-12/h2-6,8,10,14,17H,7,9H2,1H3. The fraction of sp³-hybridized carbons (Fsp3) is 0.333. The Morgan fingerprint density at radius 2 is 2.17 bits per heavy atom. The van der Waals surface area contributed by atoms with E-state index in [1.165, 1.54) is 6.42 Å². The first kappa shape index (κ1) is 11.8. The van der Waals surface area contributed by atoms with Crippen molar-refractivity contribution in [3.63, 3.8) is 0 Å². The highest BCUT2D eigenvalue weighted by Crippen LogP contribution is 2.47. The minimum atomic E-state index is 0.657. The Labute approximate surface area is 116 Å². The van der Waals surface area contributed by atoms with Gasteiger partial charge in [0.1, 0.15) is 11.5 Å². The summed E-state index contributed by atoms with van der Waals surface area (Å²) in [6.07, 6.45) is 1.27. The number of nitrogens with one attached hydrogen (secondary N) is 1. The van der Waals surface area contributed by atoms with E-state index in [0.717, 1.165) is 34.1 Å². The van der Waals surface area contributed by atoms with Gasteiger partial charge in [-0.3, -0.25) is 0 Å². The molecule has 2 atom stereocenters. The highest BCUT2D eigenvalue weighted by atomic mass is 79.9. The number of furan rings is 1. The van der Waals surface area contributed by atoms with Crippen molar-refractivity contribution in [2.24, 2.45) is 5.92 Å². The molecule has 1 aromatic heterocycles. The van der Waals surface area contributed by atoms with Crippen LogP contribution in [0.4, 0.5) is 5.69 Å². The normalized spacial score (nSPS) is 21.9. The molecule has 1 aliphatic rings. The average Bonchev–Trinajstić information content (AvgIpc) is 2.91. The molecule has 2 unspecified atom stereocenters. The number of benzene rings is 1. The summed E-state index contributed by atoms with van der Waals surface area (Å²) in [6, 6.07) is 12.3. The average molecular weight is 306 g/mol. The zero-order valence-electron chi connectivity index (χ0n) is 10.3. The maximum absolute atomic E-state index is 5.86. The van der Waals surface area contributed by atoms with Crippen LogP contribution in [0.1, 0.15) is 30.8 Å². The third kappa shape index (κ3) is 2.61. The molecule has 1 aromatic carbocycles. The van der Waals surface area contributed by atoms with E-state index in [-0.39, 0.29) is 0 Å². The minimum absolute atomic E-state index is 0.657. The smallest absolute Gasteiger partial charge is 0.123 e. The molecule has 0 aliphatic heterocycles. The van der Waals surface area contributed by atoms with Crippen LogP contribution in [0.15, 0.2) is 45.3 Å². The van der Waals surface area contributed by atoms with E-state index >= 15 is 0 Å². The monoisotopic (exact) mass is 305 g/mol. The van der Waals surface area contributed by atoms with E-state index in [1.54, 1.807) is 0 Å². The summed E-state index contributed by atoms with van der Waals surface area (Å²) >= 11 is 3.46. The van der Waals surface area contributed by atoms with E-state index < -0.39 is 0 Å². The Hall–Kier alpha value is -1.22. The van der Waals surface area contributed by atoms with E-state index in [0.29, 0.717) is 5.92 Å². The SMILES string of the molecule is CC1CC1c1ccc(CNc2cccc(Br)c2)o1. The second kappa shape index (κ2) is 4.81. The molecule has 18 heavy (non-hydrogen) atoms. The molecule has 3 heteroatoms. The number of hydrogen-bond donors (Lipinski definition) is 1. The lowest BCUT2D eigenvalue weighted by atomic mass is 10.3. The molecule has 1 saturated carbocycles. The van der Waals surface area contributed by atoms with Crippen LogP contribution in [0.25, 0.3) is 0 Å². The summed E-state index contributed by atoms with van der Waals surface area (Å²) in [5, 5.41) is 3.36. The second-order valence-electron chi connectivity index (χ2n) is 4.99. The maximum Gasteiger partial charge on any atom is 0.123 e. The second-order valence-corrected chi connectivity index (χ2v) is 5.90. The van der Waals surface area contributed by atoms with Crippen molar-refractivity contribution in [1.82, 2.24) is 0 Å².